The molecule has 0 unspecified atom stereocenters. The predicted octanol–water partition coefficient (Wildman–Crippen LogP) is 4.79. The monoisotopic (exact) mass is 560 g/mol. The van der Waals surface area contributed by atoms with Gasteiger partial charge >= 0.3 is 12.1 Å². The number of hydrogen-bond acceptors (Lipinski definition) is 6. The first kappa shape index (κ1) is 29.1. The third-order valence-corrected chi connectivity index (χ3v) is 6.99. The molecule has 1 aliphatic rings. The van der Waals surface area contributed by atoms with Crippen molar-refractivity contribution in [2.24, 2.45) is 0 Å². The number of rotatable bonds is 6. The van der Waals surface area contributed by atoms with Crippen LogP contribution in [0.25, 0.3) is 10.9 Å². The number of carbonyl (C=O) groups excluding carboxylic acids is 1. The molecule has 1 aliphatic heterocycles. The molecule has 3 aromatic rings. The summed E-state index contributed by atoms with van der Waals surface area (Å²) in [5.74, 6) is -1.44. The minimum absolute atomic E-state index is 0.00456. The number of amides is 1. The molecule has 0 spiro atoms. The largest absolute Gasteiger partial charge is 0.480 e. The highest BCUT2D eigenvalue weighted by Crippen LogP contribution is 2.37. The molecule has 40 heavy (non-hydrogen) atoms. The van der Waals surface area contributed by atoms with E-state index in [0.29, 0.717) is 24.3 Å². The topological polar surface area (TPSA) is 114 Å². The molecule has 0 saturated carbocycles. The van der Waals surface area contributed by atoms with Crippen LogP contribution in [-0.4, -0.2) is 56.7 Å². The Morgan fingerprint density at radius 2 is 1.70 bits per heavy atom. The molecule has 0 radical (unpaired) electrons. The van der Waals surface area contributed by atoms with Crippen molar-refractivity contribution in [3.8, 4) is 0 Å². The molecule has 1 amide bonds. The number of benzene rings is 2. The summed E-state index contributed by atoms with van der Waals surface area (Å²) in [5.41, 5.74) is -1.16. The third-order valence-electron chi connectivity index (χ3n) is 6.99. The minimum atomic E-state index is -4.74. The van der Waals surface area contributed by atoms with Gasteiger partial charge in [-0.1, -0.05) is 0 Å². The number of aryl methyl sites for hydroxylation is 1. The molecule has 9 nitrogen and oxygen atoms in total. The zero-order valence-corrected chi connectivity index (χ0v) is 22.7. The number of nitrogens with one attached hydrogen (secondary N) is 1. The Kier molecular flexibility index (Phi) is 7.93. The van der Waals surface area contributed by atoms with Crippen LogP contribution in [0.15, 0.2) is 41.2 Å². The number of nitrogens with zero attached hydrogens (tertiary/aromatic N) is 3. The molecule has 1 aromatic heterocycles. The van der Waals surface area contributed by atoms with Crippen molar-refractivity contribution in [3.05, 3.63) is 69.3 Å². The number of aliphatic carboxylic acids is 1. The first-order valence-electron chi connectivity index (χ1n) is 12.9. The number of alkyl halides is 3. The van der Waals surface area contributed by atoms with Gasteiger partial charge < -0.3 is 20.1 Å². The number of fused-ring (bicyclic) bond motifs is 1. The lowest BCUT2D eigenvalue weighted by Gasteiger charge is -2.35. The number of aromatic nitrogens is 2. The van der Waals surface area contributed by atoms with Crippen molar-refractivity contribution < 1.29 is 32.6 Å². The first-order valence-corrected chi connectivity index (χ1v) is 12.9. The van der Waals surface area contributed by atoms with Crippen molar-refractivity contribution >= 4 is 28.5 Å². The van der Waals surface area contributed by atoms with Crippen LogP contribution in [-0.2, 0) is 15.7 Å². The number of anilines is 1. The fourth-order valence-corrected chi connectivity index (χ4v) is 5.11. The van der Waals surface area contributed by atoms with Gasteiger partial charge in [0.2, 0.25) is 0 Å². The average molecular weight is 561 g/mol. The van der Waals surface area contributed by atoms with E-state index in [1.165, 1.54) is 20.8 Å². The van der Waals surface area contributed by atoms with Gasteiger partial charge in [0.25, 0.3) is 11.5 Å². The van der Waals surface area contributed by atoms with Gasteiger partial charge in [-0.05, 0) is 76.6 Å². The lowest BCUT2D eigenvalue weighted by atomic mass is 9.98. The van der Waals surface area contributed by atoms with Crippen LogP contribution in [0.5, 0.6) is 0 Å². The number of halogens is 3. The summed E-state index contributed by atoms with van der Waals surface area (Å²) in [6, 6.07) is 6.20. The van der Waals surface area contributed by atoms with Crippen molar-refractivity contribution in [2.45, 2.75) is 65.1 Å². The quantitative estimate of drug-likeness (QED) is 0.446. The fraction of sp³-hybridized carbons (Fsp3) is 0.429. The second-order valence-electron chi connectivity index (χ2n) is 10.2. The number of carbonyl (C=O) groups is 2. The van der Waals surface area contributed by atoms with Gasteiger partial charge in [-0.25, -0.2) is 9.78 Å². The molecule has 2 heterocycles. The normalized spacial score (nSPS) is 19.4. The number of ether oxygens (including phenoxy) is 1. The van der Waals surface area contributed by atoms with Crippen LogP contribution >= 0.6 is 0 Å². The van der Waals surface area contributed by atoms with E-state index in [9.17, 15) is 32.7 Å². The summed E-state index contributed by atoms with van der Waals surface area (Å²) in [6.45, 7) is 8.91. The molecule has 2 N–H and O–H groups in total. The Morgan fingerprint density at radius 1 is 1.10 bits per heavy atom. The third kappa shape index (κ3) is 5.81. The van der Waals surface area contributed by atoms with Gasteiger partial charge in [-0.15, -0.1) is 0 Å². The van der Waals surface area contributed by atoms with E-state index < -0.39 is 35.4 Å². The molecule has 0 bridgehead atoms. The zero-order valence-electron chi connectivity index (χ0n) is 22.7. The fourth-order valence-electron chi connectivity index (χ4n) is 5.11. The van der Waals surface area contributed by atoms with Crippen LogP contribution in [0.4, 0.5) is 18.9 Å². The molecule has 0 aliphatic carbocycles. The van der Waals surface area contributed by atoms with Gasteiger partial charge in [0, 0.05) is 30.4 Å². The highest BCUT2D eigenvalue weighted by Gasteiger charge is 2.36. The van der Waals surface area contributed by atoms with E-state index in [0.717, 1.165) is 16.7 Å². The molecule has 2 aromatic carbocycles. The molecule has 214 valence electrons. The Bertz CT molecular complexity index is 1490. The van der Waals surface area contributed by atoms with Gasteiger partial charge in [-0.3, -0.25) is 14.2 Å². The number of hydrogen-bond donors (Lipinski definition) is 2. The van der Waals surface area contributed by atoms with Gasteiger partial charge in [-0.2, -0.15) is 13.2 Å². The summed E-state index contributed by atoms with van der Waals surface area (Å²) in [6.07, 6.45) is -4.91. The molecule has 4 rings (SSSR count). The van der Waals surface area contributed by atoms with Gasteiger partial charge in [0.15, 0.2) is 0 Å². The maximum atomic E-state index is 14.1. The molecule has 12 heteroatoms. The Balaban J connectivity index is 1.66. The van der Waals surface area contributed by atoms with Crippen molar-refractivity contribution in [1.82, 2.24) is 14.5 Å². The SMILES string of the molecule is Cc1nc2cc(C(F)(F)F)c([C@H](C)Nc3ccc(C(=O)N4C[C@@H](C)O[C@@H](C)C4)cc3)cc2c(=O)n1[C@@H](C)C(=O)O. The lowest BCUT2D eigenvalue weighted by molar-refractivity contribution is -0.140. The molecular formula is C28H31F3N4O5. The highest BCUT2D eigenvalue weighted by atomic mass is 19.4. The predicted molar refractivity (Wildman–Crippen MR) is 142 cm³/mol. The van der Waals surface area contributed by atoms with Gasteiger partial charge in [0.1, 0.15) is 11.9 Å². The van der Waals surface area contributed by atoms with E-state index >= 15 is 0 Å². The number of morpholine rings is 1. The van der Waals surface area contributed by atoms with Crippen molar-refractivity contribution in [1.29, 1.82) is 0 Å². The Hall–Kier alpha value is -3.93. The number of carboxylic acid groups (broad SMARTS) is 1. The Labute approximate surface area is 228 Å². The van der Waals surface area contributed by atoms with E-state index in [1.807, 2.05) is 13.8 Å². The van der Waals surface area contributed by atoms with Crippen LogP contribution in [0.3, 0.4) is 0 Å². The van der Waals surface area contributed by atoms with E-state index in [2.05, 4.69) is 10.3 Å². The van der Waals surface area contributed by atoms with E-state index in [-0.39, 0.29) is 40.4 Å². The standard InChI is InChI=1S/C28H31F3N4O5/c1-14-12-34(13-15(2)40-14)25(36)19-6-8-20(9-7-19)32-16(3)21-10-22-24(11-23(21)28(29,30)31)33-18(5)35(26(22)37)17(4)27(38)39/h6-11,14-17,32H,12-13H2,1-5H3,(H,38,39)/t14-,15+,16-,17-/m0/s1. The summed E-state index contributed by atoms with van der Waals surface area (Å²) in [4.78, 5) is 43.5. The van der Waals surface area contributed by atoms with Crippen molar-refractivity contribution in [2.75, 3.05) is 18.4 Å². The van der Waals surface area contributed by atoms with Crippen molar-refractivity contribution in [3.63, 3.8) is 0 Å². The number of carboxylic acids is 1. The second kappa shape index (κ2) is 10.9. The molecule has 1 fully saturated rings. The maximum absolute atomic E-state index is 14.1. The highest BCUT2D eigenvalue weighted by molar-refractivity contribution is 5.94. The molecule has 1 saturated heterocycles. The zero-order chi connectivity index (χ0) is 29.5. The molecular weight excluding hydrogens is 529 g/mol. The second-order valence-corrected chi connectivity index (χ2v) is 10.2. The van der Waals surface area contributed by atoms with Gasteiger partial charge in [0.05, 0.1) is 28.7 Å². The minimum Gasteiger partial charge on any atom is -0.480 e. The van der Waals surface area contributed by atoms with Crippen LogP contribution in [0.2, 0.25) is 0 Å². The molecule has 4 atom stereocenters. The summed E-state index contributed by atoms with van der Waals surface area (Å²) in [7, 11) is 0. The van der Waals surface area contributed by atoms with Crippen LogP contribution in [0.1, 0.15) is 67.1 Å². The summed E-state index contributed by atoms with van der Waals surface area (Å²) >= 11 is 0. The smallest absolute Gasteiger partial charge is 0.416 e. The average Bonchev–Trinajstić information content (AvgIpc) is 2.86. The summed E-state index contributed by atoms with van der Waals surface area (Å²) < 4.78 is 48.9. The maximum Gasteiger partial charge on any atom is 0.416 e. The van der Waals surface area contributed by atoms with E-state index in [4.69, 9.17) is 4.74 Å². The first-order chi connectivity index (χ1) is 18.7. The van der Waals surface area contributed by atoms with Crippen LogP contribution < -0.4 is 10.9 Å². The van der Waals surface area contributed by atoms with E-state index in [1.54, 1.807) is 29.2 Å². The van der Waals surface area contributed by atoms with Crippen LogP contribution in [0, 0.1) is 6.92 Å². The Morgan fingerprint density at radius 3 is 2.25 bits per heavy atom. The lowest BCUT2D eigenvalue weighted by Crippen LogP contribution is -2.48. The summed E-state index contributed by atoms with van der Waals surface area (Å²) in [5, 5.41) is 12.3.